The van der Waals surface area contributed by atoms with Gasteiger partial charge in [-0.1, -0.05) is 12.8 Å². The number of piperidine rings is 1. The van der Waals surface area contributed by atoms with Crippen LogP contribution in [0.5, 0.6) is 5.75 Å². The lowest BCUT2D eigenvalue weighted by Gasteiger charge is -2.29. The summed E-state index contributed by atoms with van der Waals surface area (Å²) in [5, 5.41) is 5.10. The number of hydrogen-bond donors (Lipinski definition) is 3. The first-order valence-electron chi connectivity index (χ1n) is 10.4. The Kier molecular flexibility index (Phi) is 7.40. The fourth-order valence-corrected chi connectivity index (χ4v) is 3.69. The van der Waals surface area contributed by atoms with E-state index in [0.717, 1.165) is 31.2 Å². The van der Waals surface area contributed by atoms with Gasteiger partial charge in [-0.2, -0.15) is 0 Å². The highest BCUT2D eigenvalue weighted by molar-refractivity contribution is 6.05. The molecule has 9 nitrogen and oxygen atoms in total. The van der Waals surface area contributed by atoms with E-state index < -0.39 is 11.9 Å². The van der Waals surface area contributed by atoms with E-state index in [-0.39, 0.29) is 37.3 Å². The second-order valence-corrected chi connectivity index (χ2v) is 7.56. The summed E-state index contributed by atoms with van der Waals surface area (Å²) in [6.07, 6.45) is 4.53. The zero-order valence-corrected chi connectivity index (χ0v) is 16.9. The number of carbonyl (C=O) groups is 4. The molecule has 4 amide bonds. The van der Waals surface area contributed by atoms with Gasteiger partial charge < -0.3 is 20.7 Å². The highest BCUT2D eigenvalue weighted by Gasteiger charge is 2.39. The van der Waals surface area contributed by atoms with E-state index in [4.69, 9.17) is 10.5 Å². The molecule has 0 bridgehead atoms. The summed E-state index contributed by atoms with van der Waals surface area (Å²) in [5.41, 5.74) is 6.69. The molecule has 1 aromatic rings. The predicted octanol–water partition coefficient (Wildman–Crippen LogP) is 0.462. The van der Waals surface area contributed by atoms with Gasteiger partial charge in [0.15, 0.2) is 6.61 Å². The molecule has 1 atom stereocenters. The van der Waals surface area contributed by atoms with Crippen molar-refractivity contribution in [2.75, 3.05) is 19.7 Å². The molecular formula is C21H28N4O5. The summed E-state index contributed by atoms with van der Waals surface area (Å²) < 4.78 is 5.56. The van der Waals surface area contributed by atoms with E-state index in [1.165, 1.54) is 4.90 Å². The van der Waals surface area contributed by atoms with Crippen molar-refractivity contribution in [2.45, 2.75) is 51.1 Å². The molecular weight excluding hydrogens is 388 g/mol. The Hall–Kier alpha value is -2.94. The highest BCUT2D eigenvalue weighted by atomic mass is 16.5. The molecule has 2 aliphatic heterocycles. The van der Waals surface area contributed by atoms with E-state index in [1.807, 2.05) is 0 Å². The summed E-state index contributed by atoms with van der Waals surface area (Å²) in [6.45, 7) is 1.46. The van der Waals surface area contributed by atoms with E-state index in [9.17, 15) is 19.2 Å². The van der Waals surface area contributed by atoms with Crippen molar-refractivity contribution < 1.29 is 23.9 Å². The summed E-state index contributed by atoms with van der Waals surface area (Å²) in [6, 6.07) is 4.36. The second-order valence-electron chi connectivity index (χ2n) is 7.56. The number of rotatable bonds is 10. The third-order valence-electron chi connectivity index (χ3n) is 5.32. The molecule has 0 spiro atoms. The second kappa shape index (κ2) is 10.2. The molecule has 0 aromatic heterocycles. The van der Waals surface area contributed by atoms with Crippen LogP contribution in [0, 0.1) is 0 Å². The zero-order valence-electron chi connectivity index (χ0n) is 16.9. The first-order chi connectivity index (χ1) is 14.5. The SMILES string of the molecule is NCCCCCCNC(=O)COc1ccc2c(c1)CN(C1CCC(=O)NC1=O)C2=O. The Morgan fingerprint density at radius 1 is 1.20 bits per heavy atom. The molecule has 0 aliphatic carbocycles. The minimum Gasteiger partial charge on any atom is -0.484 e. The van der Waals surface area contributed by atoms with Gasteiger partial charge >= 0.3 is 0 Å². The quantitative estimate of drug-likeness (QED) is 0.375. The van der Waals surface area contributed by atoms with Crippen molar-refractivity contribution in [1.29, 1.82) is 0 Å². The van der Waals surface area contributed by atoms with E-state index in [0.29, 0.717) is 30.8 Å². The summed E-state index contributed by atoms with van der Waals surface area (Å²) in [5.74, 6) is -0.702. The fourth-order valence-electron chi connectivity index (χ4n) is 3.69. The van der Waals surface area contributed by atoms with Crippen molar-refractivity contribution >= 4 is 23.6 Å². The van der Waals surface area contributed by atoms with Gasteiger partial charge in [0.2, 0.25) is 11.8 Å². The average Bonchev–Trinajstić information content (AvgIpc) is 3.05. The lowest BCUT2D eigenvalue weighted by molar-refractivity contribution is -0.137. The van der Waals surface area contributed by atoms with Crippen LogP contribution in [0.1, 0.15) is 54.4 Å². The predicted molar refractivity (Wildman–Crippen MR) is 109 cm³/mol. The molecule has 0 radical (unpaired) electrons. The lowest BCUT2D eigenvalue weighted by Crippen LogP contribution is -2.52. The monoisotopic (exact) mass is 416 g/mol. The summed E-state index contributed by atoms with van der Waals surface area (Å²) in [7, 11) is 0. The number of amides is 4. The van der Waals surface area contributed by atoms with Crippen molar-refractivity contribution in [3.63, 3.8) is 0 Å². The fraction of sp³-hybridized carbons (Fsp3) is 0.524. The number of hydrogen-bond acceptors (Lipinski definition) is 6. The molecule has 4 N–H and O–H groups in total. The largest absolute Gasteiger partial charge is 0.484 e. The van der Waals surface area contributed by atoms with Crippen molar-refractivity contribution in [3.8, 4) is 5.75 Å². The van der Waals surface area contributed by atoms with E-state index in [2.05, 4.69) is 10.6 Å². The molecule has 162 valence electrons. The number of nitrogens with two attached hydrogens (primary N) is 1. The first kappa shape index (κ1) is 21.8. The molecule has 1 fully saturated rings. The Morgan fingerprint density at radius 2 is 2.00 bits per heavy atom. The van der Waals surface area contributed by atoms with Crippen LogP contribution < -0.4 is 21.1 Å². The van der Waals surface area contributed by atoms with Crippen LogP contribution in [-0.2, 0) is 20.9 Å². The van der Waals surface area contributed by atoms with Crippen LogP contribution in [0.4, 0.5) is 0 Å². The van der Waals surface area contributed by atoms with Gasteiger partial charge in [-0.3, -0.25) is 24.5 Å². The zero-order chi connectivity index (χ0) is 21.5. The van der Waals surface area contributed by atoms with Crippen molar-refractivity contribution in [1.82, 2.24) is 15.5 Å². The van der Waals surface area contributed by atoms with Crippen LogP contribution in [0.25, 0.3) is 0 Å². The van der Waals surface area contributed by atoms with Crippen LogP contribution in [0.2, 0.25) is 0 Å². The Morgan fingerprint density at radius 3 is 2.77 bits per heavy atom. The van der Waals surface area contributed by atoms with E-state index >= 15 is 0 Å². The maximum absolute atomic E-state index is 12.7. The van der Waals surface area contributed by atoms with Gasteiger partial charge in [-0.05, 0) is 49.6 Å². The third-order valence-corrected chi connectivity index (χ3v) is 5.32. The maximum atomic E-state index is 12.7. The van der Waals surface area contributed by atoms with Crippen molar-refractivity contribution in [2.24, 2.45) is 5.73 Å². The van der Waals surface area contributed by atoms with Gasteiger partial charge in [-0.15, -0.1) is 0 Å². The molecule has 1 saturated heterocycles. The van der Waals surface area contributed by atoms with Crippen LogP contribution in [0.3, 0.4) is 0 Å². The number of unbranched alkanes of at least 4 members (excludes halogenated alkanes) is 3. The first-order valence-corrected chi connectivity index (χ1v) is 10.4. The van der Waals surface area contributed by atoms with Crippen molar-refractivity contribution in [3.05, 3.63) is 29.3 Å². The van der Waals surface area contributed by atoms with Gasteiger partial charge in [0.1, 0.15) is 11.8 Å². The molecule has 3 rings (SSSR count). The van der Waals surface area contributed by atoms with E-state index in [1.54, 1.807) is 18.2 Å². The maximum Gasteiger partial charge on any atom is 0.257 e. The Labute approximate surface area is 175 Å². The van der Waals surface area contributed by atoms with Gasteiger partial charge in [0.05, 0.1) is 0 Å². The number of imide groups is 1. The molecule has 2 heterocycles. The molecule has 1 unspecified atom stereocenters. The van der Waals surface area contributed by atoms with Crippen LogP contribution in [-0.4, -0.2) is 54.3 Å². The Bertz CT molecular complexity index is 826. The average molecular weight is 416 g/mol. The minimum atomic E-state index is -0.650. The molecule has 9 heteroatoms. The topological polar surface area (TPSA) is 131 Å². The Balaban J connectivity index is 1.48. The number of nitrogens with zero attached hydrogens (tertiary/aromatic N) is 1. The summed E-state index contributed by atoms with van der Waals surface area (Å²) in [4.78, 5) is 49.5. The normalized spacial score (nSPS) is 18.2. The third kappa shape index (κ3) is 5.35. The van der Waals surface area contributed by atoms with Crippen LogP contribution in [0.15, 0.2) is 18.2 Å². The van der Waals surface area contributed by atoms with Gasteiger partial charge in [0.25, 0.3) is 11.8 Å². The lowest BCUT2D eigenvalue weighted by atomic mass is 10.0. The molecule has 30 heavy (non-hydrogen) atoms. The molecule has 2 aliphatic rings. The number of benzene rings is 1. The van der Waals surface area contributed by atoms with Gasteiger partial charge in [-0.25, -0.2) is 0 Å². The minimum absolute atomic E-state index is 0.105. The number of carbonyl (C=O) groups excluding carboxylic acids is 4. The standard InChI is InChI=1S/C21H28N4O5/c22-9-3-1-2-4-10-23-19(27)13-30-15-5-6-16-14(11-15)12-25(21(16)29)17-7-8-18(26)24-20(17)28/h5-6,11,17H,1-4,7-10,12-13,22H2,(H,23,27)(H,24,26,28). The summed E-state index contributed by atoms with van der Waals surface area (Å²) >= 11 is 0. The van der Waals surface area contributed by atoms with Gasteiger partial charge in [0, 0.05) is 25.1 Å². The smallest absolute Gasteiger partial charge is 0.257 e. The number of fused-ring (bicyclic) bond motifs is 1. The molecule has 0 saturated carbocycles. The van der Waals surface area contributed by atoms with Crippen LogP contribution >= 0.6 is 0 Å². The number of ether oxygens (including phenoxy) is 1. The molecule has 1 aromatic carbocycles. The number of nitrogens with one attached hydrogen (secondary N) is 2. The highest BCUT2D eigenvalue weighted by Crippen LogP contribution is 2.30.